The Morgan fingerprint density at radius 3 is 1.77 bits per heavy atom. The molecule has 0 saturated heterocycles. The van der Waals surface area contributed by atoms with Crippen LogP contribution in [-0.2, 0) is 4.74 Å². The summed E-state index contributed by atoms with van der Waals surface area (Å²) in [6.07, 6.45) is 0. The van der Waals surface area contributed by atoms with E-state index in [1.54, 1.807) is 14.0 Å². The van der Waals surface area contributed by atoms with Crippen molar-refractivity contribution in [2.75, 3.05) is 7.11 Å². The van der Waals surface area contributed by atoms with Gasteiger partial charge >= 0.3 is 0 Å². The van der Waals surface area contributed by atoms with Crippen molar-refractivity contribution in [2.24, 2.45) is 0 Å². The molecule has 0 atom stereocenters. The van der Waals surface area contributed by atoms with E-state index in [1.165, 1.54) is 5.56 Å². The van der Waals surface area contributed by atoms with Crippen LogP contribution >= 0.6 is 0 Å². The Bertz CT molecular complexity index is 214. The van der Waals surface area contributed by atoms with Crippen LogP contribution in [-0.4, -0.2) is 7.11 Å². The number of benzene rings is 1. The second kappa shape index (κ2) is 8.85. The van der Waals surface area contributed by atoms with Crippen molar-refractivity contribution in [1.82, 2.24) is 0 Å². The van der Waals surface area contributed by atoms with Gasteiger partial charge in [0.2, 0.25) is 0 Å². The van der Waals surface area contributed by atoms with E-state index in [0.717, 1.165) is 5.76 Å². The van der Waals surface area contributed by atoms with Crippen LogP contribution in [0.4, 0.5) is 0 Å². The molecule has 0 radical (unpaired) electrons. The van der Waals surface area contributed by atoms with Gasteiger partial charge in [-0.3, -0.25) is 0 Å². The molecule has 0 unspecified atom stereocenters. The summed E-state index contributed by atoms with van der Waals surface area (Å²) in [5, 5.41) is 0. The molecule has 1 rings (SSSR count). The van der Waals surface area contributed by atoms with Crippen LogP contribution in [0.1, 0.15) is 19.9 Å². The summed E-state index contributed by atoms with van der Waals surface area (Å²) in [6.45, 7) is 7.34. The van der Waals surface area contributed by atoms with Gasteiger partial charge in [0.1, 0.15) is 0 Å². The van der Waals surface area contributed by atoms with E-state index in [4.69, 9.17) is 0 Å². The maximum atomic E-state index is 4.56. The molecule has 1 aromatic rings. The van der Waals surface area contributed by atoms with Gasteiger partial charge in [0.05, 0.1) is 12.9 Å². The van der Waals surface area contributed by atoms with Gasteiger partial charge < -0.3 is 4.74 Å². The zero-order valence-electron chi connectivity index (χ0n) is 8.00. The molecule has 0 aliphatic carbocycles. The SMILES string of the molecule is C.C=C(C)OC.Cc1ccccc1. The summed E-state index contributed by atoms with van der Waals surface area (Å²) in [6, 6.07) is 10.3. The monoisotopic (exact) mass is 180 g/mol. The Morgan fingerprint density at radius 1 is 1.23 bits per heavy atom. The van der Waals surface area contributed by atoms with Crippen molar-refractivity contribution < 1.29 is 4.74 Å². The van der Waals surface area contributed by atoms with Gasteiger partial charge in [-0.2, -0.15) is 0 Å². The average Bonchev–Trinajstić information content (AvgIpc) is 2.07. The highest BCUT2D eigenvalue weighted by atomic mass is 16.5. The number of aryl methyl sites for hydroxylation is 1. The van der Waals surface area contributed by atoms with E-state index in [0.29, 0.717) is 0 Å². The molecule has 0 fully saturated rings. The fourth-order valence-corrected chi connectivity index (χ4v) is 0.534. The molecule has 13 heavy (non-hydrogen) atoms. The lowest BCUT2D eigenvalue weighted by Gasteiger charge is -1.88. The van der Waals surface area contributed by atoms with Crippen LogP contribution in [0, 0.1) is 6.92 Å². The second-order valence-corrected chi connectivity index (χ2v) is 2.56. The van der Waals surface area contributed by atoms with E-state index in [1.807, 2.05) is 18.2 Å². The number of hydrogen-bond acceptors (Lipinski definition) is 1. The van der Waals surface area contributed by atoms with Gasteiger partial charge in [-0.15, -0.1) is 0 Å². The van der Waals surface area contributed by atoms with Crippen LogP contribution in [0.5, 0.6) is 0 Å². The van der Waals surface area contributed by atoms with Crippen molar-refractivity contribution in [1.29, 1.82) is 0 Å². The quantitative estimate of drug-likeness (QED) is 0.597. The molecule has 0 bridgehead atoms. The summed E-state index contributed by atoms with van der Waals surface area (Å²) < 4.78 is 4.56. The summed E-state index contributed by atoms with van der Waals surface area (Å²) in [5.74, 6) is 0.755. The molecule has 1 nitrogen and oxygen atoms in total. The third-order valence-electron chi connectivity index (χ3n) is 1.29. The van der Waals surface area contributed by atoms with E-state index in [-0.39, 0.29) is 7.43 Å². The Kier molecular flexibility index (Phi) is 9.73. The van der Waals surface area contributed by atoms with Crippen LogP contribution < -0.4 is 0 Å². The predicted octanol–water partition coefficient (Wildman–Crippen LogP) is 3.80. The van der Waals surface area contributed by atoms with E-state index >= 15 is 0 Å². The highest BCUT2D eigenvalue weighted by Crippen LogP contribution is 1.92. The smallest absolute Gasteiger partial charge is 0.0853 e. The first kappa shape index (κ1) is 14.3. The minimum atomic E-state index is 0. The van der Waals surface area contributed by atoms with Crippen molar-refractivity contribution in [3.63, 3.8) is 0 Å². The standard InChI is InChI=1S/C7H8.C4H8O.CH4/c1-7-5-3-2-4-6-7;1-4(2)5-3;/h2-6H,1H3;1H2,2-3H3;1H4. The molecule has 0 N–H and O–H groups in total. The molecule has 0 heterocycles. The second-order valence-electron chi connectivity index (χ2n) is 2.56. The number of methoxy groups -OCH3 is 1. The number of rotatable bonds is 1. The fraction of sp³-hybridized carbons (Fsp3) is 0.333. The summed E-state index contributed by atoms with van der Waals surface area (Å²) in [4.78, 5) is 0. The molecular weight excluding hydrogens is 160 g/mol. The Balaban J connectivity index is 0. The Hall–Kier alpha value is -1.24. The van der Waals surface area contributed by atoms with E-state index in [9.17, 15) is 0 Å². The predicted molar refractivity (Wildman–Crippen MR) is 59.7 cm³/mol. The lowest BCUT2D eigenvalue weighted by molar-refractivity contribution is 0.295. The lowest BCUT2D eigenvalue weighted by Crippen LogP contribution is -1.70. The van der Waals surface area contributed by atoms with E-state index < -0.39 is 0 Å². The Labute approximate surface area is 82.1 Å². The first-order valence-corrected chi connectivity index (χ1v) is 3.88. The maximum Gasteiger partial charge on any atom is 0.0853 e. The molecule has 0 aliphatic heterocycles. The molecule has 0 saturated carbocycles. The summed E-state index contributed by atoms with van der Waals surface area (Å²) in [7, 11) is 1.60. The maximum absolute atomic E-state index is 4.56. The topological polar surface area (TPSA) is 9.23 Å². The minimum absolute atomic E-state index is 0. The molecule has 0 spiro atoms. The van der Waals surface area contributed by atoms with Gasteiger partial charge in [0.15, 0.2) is 0 Å². The van der Waals surface area contributed by atoms with Crippen molar-refractivity contribution in [3.8, 4) is 0 Å². The van der Waals surface area contributed by atoms with Crippen molar-refractivity contribution >= 4 is 0 Å². The van der Waals surface area contributed by atoms with Crippen molar-refractivity contribution in [3.05, 3.63) is 48.2 Å². The zero-order valence-corrected chi connectivity index (χ0v) is 8.00. The van der Waals surface area contributed by atoms with Crippen LogP contribution in [0.15, 0.2) is 42.7 Å². The first-order valence-electron chi connectivity index (χ1n) is 3.88. The lowest BCUT2D eigenvalue weighted by atomic mass is 10.2. The van der Waals surface area contributed by atoms with Gasteiger partial charge in [-0.05, 0) is 13.8 Å². The number of hydrogen-bond donors (Lipinski definition) is 0. The summed E-state index contributed by atoms with van der Waals surface area (Å²) in [5.41, 5.74) is 1.32. The first-order chi connectivity index (χ1) is 5.66. The van der Waals surface area contributed by atoms with Crippen LogP contribution in [0.25, 0.3) is 0 Å². The summed E-state index contributed by atoms with van der Waals surface area (Å²) >= 11 is 0. The highest BCUT2D eigenvalue weighted by molar-refractivity contribution is 5.11. The molecule has 0 amide bonds. The van der Waals surface area contributed by atoms with Gasteiger partial charge in [0.25, 0.3) is 0 Å². The van der Waals surface area contributed by atoms with Crippen LogP contribution in [0.2, 0.25) is 0 Å². The fourth-order valence-electron chi connectivity index (χ4n) is 0.534. The third-order valence-corrected chi connectivity index (χ3v) is 1.29. The average molecular weight is 180 g/mol. The van der Waals surface area contributed by atoms with Gasteiger partial charge in [0, 0.05) is 0 Å². The van der Waals surface area contributed by atoms with Gasteiger partial charge in [-0.1, -0.05) is 49.9 Å². The molecule has 1 heteroatoms. The van der Waals surface area contributed by atoms with E-state index in [2.05, 4.69) is 30.4 Å². The number of ether oxygens (including phenoxy) is 1. The zero-order chi connectivity index (χ0) is 9.40. The molecule has 0 aliphatic rings. The van der Waals surface area contributed by atoms with Gasteiger partial charge in [-0.25, -0.2) is 0 Å². The normalized spacial score (nSPS) is 7.31. The molecule has 1 aromatic carbocycles. The highest BCUT2D eigenvalue weighted by Gasteiger charge is 1.72. The third kappa shape index (κ3) is 10.8. The minimum Gasteiger partial charge on any atom is -0.502 e. The number of allylic oxidation sites excluding steroid dienone is 1. The molecule has 74 valence electrons. The Morgan fingerprint density at radius 2 is 1.62 bits per heavy atom. The molecular formula is C12H20O. The molecule has 0 aromatic heterocycles. The largest absolute Gasteiger partial charge is 0.502 e. The van der Waals surface area contributed by atoms with Crippen molar-refractivity contribution in [2.45, 2.75) is 21.3 Å². The van der Waals surface area contributed by atoms with Crippen LogP contribution in [0.3, 0.4) is 0 Å².